The predicted octanol–water partition coefficient (Wildman–Crippen LogP) is 6.21. The molecule has 2 aromatic rings. The summed E-state index contributed by atoms with van der Waals surface area (Å²) < 4.78 is 0. The molecular formula is C21H29N. The van der Waals surface area contributed by atoms with Crippen LogP contribution in [0.1, 0.15) is 63.5 Å². The van der Waals surface area contributed by atoms with Crippen LogP contribution >= 0.6 is 0 Å². The second-order valence-electron chi connectivity index (χ2n) is 6.08. The molecule has 1 nitrogen and oxygen atoms in total. The van der Waals surface area contributed by atoms with Crippen molar-refractivity contribution in [2.75, 3.05) is 0 Å². The summed E-state index contributed by atoms with van der Waals surface area (Å²) >= 11 is 0. The summed E-state index contributed by atoms with van der Waals surface area (Å²) in [5, 5.41) is 0. The maximum absolute atomic E-state index is 4.63. The van der Waals surface area contributed by atoms with Crippen LogP contribution in [0.2, 0.25) is 0 Å². The minimum Gasteiger partial charge on any atom is -0.256 e. The van der Waals surface area contributed by atoms with Crippen molar-refractivity contribution >= 4 is 0 Å². The fourth-order valence-electron chi connectivity index (χ4n) is 3.04. The van der Waals surface area contributed by atoms with Gasteiger partial charge in [0.1, 0.15) is 0 Å². The van der Waals surface area contributed by atoms with Gasteiger partial charge in [0, 0.05) is 11.8 Å². The number of hydrogen-bond acceptors (Lipinski definition) is 1. The average Bonchev–Trinajstić information content (AvgIpc) is 2.56. The predicted molar refractivity (Wildman–Crippen MR) is 96.1 cm³/mol. The fourth-order valence-corrected chi connectivity index (χ4v) is 3.04. The van der Waals surface area contributed by atoms with Gasteiger partial charge in [0.05, 0.1) is 5.69 Å². The lowest BCUT2D eigenvalue weighted by molar-refractivity contribution is 0.709. The first-order valence-electron chi connectivity index (χ1n) is 8.89. The maximum atomic E-state index is 4.63. The zero-order chi connectivity index (χ0) is 15.6. The summed E-state index contributed by atoms with van der Waals surface area (Å²) in [5.41, 5.74) is 5.48. The lowest BCUT2D eigenvalue weighted by atomic mass is 9.91. The Kier molecular flexibility index (Phi) is 7.15. The number of rotatable bonds is 9. The number of hydrogen-bond donors (Lipinski definition) is 0. The number of unbranched alkanes of at least 4 members (excludes halogenated alkanes) is 4. The van der Waals surface area contributed by atoms with Crippen LogP contribution < -0.4 is 0 Å². The molecule has 1 heteroatoms. The number of nitrogens with zero attached hydrogens (tertiary/aromatic N) is 1. The van der Waals surface area contributed by atoms with Crippen LogP contribution in [0.15, 0.2) is 42.6 Å². The Labute approximate surface area is 135 Å². The van der Waals surface area contributed by atoms with Gasteiger partial charge in [-0.15, -0.1) is 0 Å². The van der Waals surface area contributed by atoms with Crippen LogP contribution in [0.25, 0.3) is 11.3 Å². The molecular weight excluding hydrogens is 266 g/mol. The van der Waals surface area contributed by atoms with Crippen molar-refractivity contribution in [3.63, 3.8) is 0 Å². The maximum Gasteiger partial charge on any atom is 0.0707 e. The number of aromatic nitrogens is 1. The second kappa shape index (κ2) is 9.40. The van der Waals surface area contributed by atoms with E-state index >= 15 is 0 Å². The van der Waals surface area contributed by atoms with Crippen LogP contribution in [0.5, 0.6) is 0 Å². The Bertz CT molecular complexity index is 517. The molecule has 0 aliphatic heterocycles. The first kappa shape index (κ1) is 16.7. The number of pyridine rings is 1. The van der Waals surface area contributed by atoms with Gasteiger partial charge in [-0.2, -0.15) is 0 Å². The second-order valence-corrected chi connectivity index (χ2v) is 6.08. The van der Waals surface area contributed by atoms with Crippen molar-refractivity contribution in [3.05, 3.63) is 53.7 Å². The summed E-state index contributed by atoms with van der Waals surface area (Å²) in [4.78, 5) is 4.63. The third-order valence-corrected chi connectivity index (χ3v) is 4.26. The Morgan fingerprint density at radius 1 is 0.727 bits per heavy atom. The fraction of sp³-hybridized carbons (Fsp3) is 0.476. The molecule has 0 atom stereocenters. The molecule has 0 spiro atoms. The topological polar surface area (TPSA) is 12.9 Å². The molecule has 1 aromatic carbocycles. The van der Waals surface area contributed by atoms with Gasteiger partial charge in [0.15, 0.2) is 0 Å². The van der Waals surface area contributed by atoms with Gasteiger partial charge in [-0.3, -0.25) is 4.98 Å². The van der Waals surface area contributed by atoms with Gasteiger partial charge in [-0.25, -0.2) is 0 Å². The van der Waals surface area contributed by atoms with E-state index in [0.29, 0.717) is 0 Å². The molecule has 0 bridgehead atoms. The molecule has 0 aliphatic carbocycles. The van der Waals surface area contributed by atoms with E-state index in [4.69, 9.17) is 0 Å². The Morgan fingerprint density at radius 3 is 1.86 bits per heavy atom. The quantitative estimate of drug-likeness (QED) is 0.501. The lowest BCUT2D eigenvalue weighted by Gasteiger charge is -2.15. The van der Waals surface area contributed by atoms with Gasteiger partial charge in [-0.05, 0) is 48.9 Å². The highest BCUT2D eigenvalue weighted by Gasteiger charge is 2.11. The molecule has 0 aliphatic rings. The molecule has 118 valence electrons. The smallest absolute Gasteiger partial charge is 0.0707 e. The highest BCUT2D eigenvalue weighted by molar-refractivity contribution is 5.68. The van der Waals surface area contributed by atoms with E-state index < -0.39 is 0 Å². The van der Waals surface area contributed by atoms with Gasteiger partial charge >= 0.3 is 0 Å². The van der Waals surface area contributed by atoms with Crippen molar-refractivity contribution in [1.29, 1.82) is 0 Å². The Hall–Kier alpha value is -1.63. The van der Waals surface area contributed by atoms with Crippen molar-refractivity contribution < 1.29 is 0 Å². The normalized spacial score (nSPS) is 10.8. The van der Waals surface area contributed by atoms with Crippen LogP contribution in [0, 0.1) is 0 Å². The van der Waals surface area contributed by atoms with E-state index in [1.54, 1.807) is 0 Å². The Morgan fingerprint density at radius 2 is 1.36 bits per heavy atom. The summed E-state index contributed by atoms with van der Waals surface area (Å²) in [5.74, 6) is 0. The molecule has 0 unspecified atom stereocenters. The first-order chi connectivity index (χ1) is 10.9. The van der Waals surface area contributed by atoms with Crippen molar-refractivity contribution in [3.8, 4) is 11.3 Å². The monoisotopic (exact) mass is 295 g/mol. The molecule has 0 amide bonds. The molecule has 0 N–H and O–H groups in total. The summed E-state index contributed by atoms with van der Waals surface area (Å²) in [6.07, 6.45) is 12.0. The molecule has 1 heterocycles. The molecule has 0 saturated carbocycles. The zero-order valence-corrected chi connectivity index (χ0v) is 14.1. The van der Waals surface area contributed by atoms with E-state index in [1.165, 1.54) is 68.1 Å². The van der Waals surface area contributed by atoms with Crippen LogP contribution in [-0.4, -0.2) is 4.98 Å². The first-order valence-corrected chi connectivity index (χ1v) is 8.89. The van der Waals surface area contributed by atoms with Gasteiger partial charge in [0.25, 0.3) is 0 Å². The van der Waals surface area contributed by atoms with E-state index in [0.717, 1.165) is 5.69 Å². The Balaban J connectivity index is 2.30. The van der Waals surface area contributed by atoms with Crippen LogP contribution in [0.4, 0.5) is 0 Å². The molecule has 0 saturated heterocycles. The summed E-state index contributed by atoms with van der Waals surface area (Å²) in [6, 6.07) is 13.1. The van der Waals surface area contributed by atoms with Gasteiger partial charge < -0.3 is 0 Å². The van der Waals surface area contributed by atoms with Crippen LogP contribution in [0.3, 0.4) is 0 Å². The minimum atomic E-state index is 1.14. The third-order valence-electron chi connectivity index (χ3n) is 4.26. The van der Waals surface area contributed by atoms with E-state index in [-0.39, 0.29) is 0 Å². The minimum absolute atomic E-state index is 1.14. The summed E-state index contributed by atoms with van der Waals surface area (Å²) in [6.45, 7) is 4.53. The van der Waals surface area contributed by atoms with Gasteiger partial charge in [-0.1, -0.05) is 63.8 Å². The summed E-state index contributed by atoms with van der Waals surface area (Å²) in [7, 11) is 0. The lowest BCUT2D eigenvalue weighted by Crippen LogP contribution is -1.98. The van der Waals surface area contributed by atoms with Gasteiger partial charge in [0.2, 0.25) is 0 Å². The standard InChI is InChI=1S/C21H29N/c1-3-5-7-12-18-14-11-15-19(13-8-6-4-2)21(18)20-16-9-10-17-22-20/h9-11,14-17H,3-8,12-13H2,1-2H3. The van der Waals surface area contributed by atoms with Crippen molar-refractivity contribution in [1.82, 2.24) is 4.98 Å². The molecule has 1 aromatic heterocycles. The molecule has 2 rings (SSSR count). The number of benzene rings is 1. The SMILES string of the molecule is CCCCCc1cccc(CCCCC)c1-c1ccccn1. The van der Waals surface area contributed by atoms with Crippen LogP contribution in [-0.2, 0) is 12.8 Å². The largest absolute Gasteiger partial charge is 0.256 e. The van der Waals surface area contributed by atoms with E-state index in [1.807, 2.05) is 12.3 Å². The van der Waals surface area contributed by atoms with E-state index in [9.17, 15) is 0 Å². The highest BCUT2D eigenvalue weighted by atomic mass is 14.7. The van der Waals surface area contributed by atoms with E-state index in [2.05, 4.69) is 49.2 Å². The molecule has 0 radical (unpaired) electrons. The van der Waals surface area contributed by atoms with Crippen molar-refractivity contribution in [2.45, 2.75) is 65.2 Å². The molecule has 22 heavy (non-hydrogen) atoms. The number of aryl methyl sites for hydroxylation is 2. The third kappa shape index (κ3) is 4.69. The highest BCUT2D eigenvalue weighted by Crippen LogP contribution is 2.29. The van der Waals surface area contributed by atoms with Crippen molar-refractivity contribution in [2.24, 2.45) is 0 Å². The zero-order valence-electron chi connectivity index (χ0n) is 14.1. The molecule has 0 fully saturated rings. The average molecular weight is 295 g/mol.